The Morgan fingerprint density at radius 3 is 1.37 bits per heavy atom. The second-order valence-corrected chi connectivity index (χ2v) is 22.9. The number of hydrogen-bond acceptors (Lipinski definition) is 1. The molecule has 0 radical (unpaired) electrons. The maximum absolute atomic E-state index is 10.5. The van der Waals surface area contributed by atoms with E-state index in [9.17, 15) is 5.11 Å². The van der Waals surface area contributed by atoms with Crippen LogP contribution in [0.15, 0.2) is 12.1 Å². The number of benzene rings is 1. The van der Waals surface area contributed by atoms with Crippen LogP contribution >= 0.6 is 26.9 Å². The van der Waals surface area contributed by atoms with Gasteiger partial charge in [0.2, 0.25) is 0 Å². The first-order valence-corrected chi connectivity index (χ1v) is 16.1. The second kappa shape index (κ2) is 5.47. The van der Waals surface area contributed by atoms with Gasteiger partial charge in [-0.3, -0.25) is 0 Å². The van der Waals surface area contributed by atoms with Crippen LogP contribution in [0.5, 0.6) is 5.75 Å². The number of halogens is 3. The van der Waals surface area contributed by atoms with E-state index in [1.807, 2.05) is 53.7 Å². The molecule has 1 aromatic rings. The molecule has 0 heterocycles. The normalized spacial score (nSPS) is 14.6. The van der Waals surface area contributed by atoms with E-state index in [-0.39, 0.29) is 10.8 Å². The first-order valence-electron chi connectivity index (χ1n) is 6.05. The fourth-order valence-corrected chi connectivity index (χ4v) is 5.11. The van der Waals surface area contributed by atoms with Gasteiger partial charge in [0.05, 0.1) is 0 Å². The van der Waals surface area contributed by atoms with Crippen LogP contribution in [0.2, 0.25) is 0 Å². The molecule has 19 heavy (non-hydrogen) atoms. The molecule has 1 nitrogen and oxygen atoms in total. The summed E-state index contributed by atoms with van der Waals surface area (Å²) in [6, 6.07) is 3.72. The summed E-state index contributed by atoms with van der Waals surface area (Å²) in [4.78, 5) is 0. The summed E-state index contributed by atoms with van der Waals surface area (Å²) in [6.45, 7) is 12.3. The fraction of sp³-hybridized carbons (Fsp3) is 0.571. The van der Waals surface area contributed by atoms with Crippen LogP contribution in [0, 0.1) is 0 Å². The Bertz CT molecular complexity index is 444. The monoisotopic (exact) mass is 440 g/mol. The van der Waals surface area contributed by atoms with Crippen LogP contribution in [0.3, 0.4) is 0 Å². The SMILES string of the molecule is CC(C)(C)c1cc([Te](Cl)(Cl)Cl)cc(C(C)(C)C)c1O. The van der Waals surface area contributed by atoms with Gasteiger partial charge in [0.15, 0.2) is 0 Å². The number of hydrogen-bond donors (Lipinski definition) is 1. The zero-order valence-corrected chi connectivity index (χ0v) is 16.7. The molecule has 0 unspecified atom stereocenters. The van der Waals surface area contributed by atoms with Gasteiger partial charge in [-0.1, -0.05) is 0 Å². The average Bonchev–Trinajstić information content (AvgIpc) is 2.11. The predicted molar refractivity (Wildman–Crippen MR) is 88.5 cm³/mol. The third-order valence-corrected chi connectivity index (χ3v) is 8.75. The molecule has 0 aliphatic carbocycles. The molecule has 0 spiro atoms. The summed E-state index contributed by atoms with van der Waals surface area (Å²) in [6.07, 6.45) is 0. The summed E-state index contributed by atoms with van der Waals surface area (Å²) >= 11 is -3.52. The van der Waals surface area contributed by atoms with Crippen molar-refractivity contribution >= 4 is 45.3 Å². The van der Waals surface area contributed by atoms with Gasteiger partial charge >= 0.3 is 132 Å². The Balaban J connectivity index is 3.68. The van der Waals surface area contributed by atoms with E-state index in [0.29, 0.717) is 5.75 Å². The van der Waals surface area contributed by atoms with Gasteiger partial charge in [-0.15, -0.1) is 0 Å². The van der Waals surface area contributed by atoms with Crippen molar-refractivity contribution in [2.45, 2.75) is 52.4 Å². The molecular weight excluding hydrogens is 418 g/mol. The van der Waals surface area contributed by atoms with E-state index < -0.39 is 14.8 Å². The minimum absolute atomic E-state index is 0.196. The fourth-order valence-electron chi connectivity index (χ4n) is 1.89. The van der Waals surface area contributed by atoms with E-state index in [1.54, 1.807) is 0 Å². The van der Waals surface area contributed by atoms with Gasteiger partial charge in [-0.05, 0) is 0 Å². The maximum atomic E-state index is 10.5. The third-order valence-electron chi connectivity index (χ3n) is 2.97. The minimum atomic E-state index is -3.52. The first-order chi connectivity index (χ1) is 8.24. The van der Waals surface area contributed by atoms with Crippen molar-refractivity contribution in [3.8, 4) is 5.75 Å². The summed E-state index contributed by atoms with van der Waals surface area (Å²) in [5.41, 5.74) is 1.29. The van der Waals surface area contributed by atoms with E-state index in [0.717, 1.165) is 14.7 Å². The van der Waals surface area contributed by atoms with Crippen molar-refractivity contribution in [1.82, 2.24) is 0 Å². The van der Waals surface area contributed by atoms with Crippen LogP contribution in [0.1, 0.15) is 52.7 Å². The van der Waals surface area contributed by atoms with Crippen LogP contribution < -0.4 is 3.61 Å². The Morgan fingerprint density at radius 1 is 0.842 bits per heavy atom. The molecule has 1 N–H and O–H groups in total. The Kier molecular flexibility index (Phi) is 5.10. The third kappa shape index (κ3) is 4.32. The van der Waals surface area contributed by atoms with Gasteiger partial charge in [0.25, 0.3) is 0 Å². The quantitative estimate of drug-likeness (QED) is 0.621. The molecule has 1 aromatic carbocycles. The van der Waals surface area contributed by atoms with Crippen molar-refractivity contribution in [3.63, 3.8) is 0 Å². The molecule has 110 valence electrons. The Morgan fingerprint density at radius 2 is 1.16 bits per heavy atom. The van der Waals surface area contributed by atoms with E-state index in [2.05, 4.69) is 0 Å². The van der Waals surface area contributed by atoms with E-state index >= 15 is 0 Å². The van der Waals surface area contributed by atoms with Crippen LogP contribution in [0.4, 0.5) is 0 Å². The van der Waals surface area contributed by atoms with Crippen molar-refractivity contribution in [2.24, 2.45) is 0 Å². The van der Waals surface area contributed by atoms with E-state index in [4.69, 9.17) is 26.9 Å². The van der Waals surface area contributed by atoms with Crippen molar-refractivity contribution in [3.05, 3.63) is 23.3 Å². The standard InChI is InChI=1S/C14H21Cl3OTe/c1-13(2,3)10-7-9(19(15,16)17)8-11(12(10)18)14(4,5)6/h7-8,18H,1-6H3. The zero-order valence-electron chi connectivity index (χ0n) is 12.1. The molecule has 0 aliphatic rings. The molecule has 0 aliphatic heterocycles. The molecule has 0 saturated carbocycles. The Labute approximate surface area is 131 Å². The molecule has 0 bridgehead atoms. The summed E-state index contributed by atoms with van der Waals surface area (Å²) in [7, 11) is 18.6. The Hall–Kier alpha value is 0.680. The van der Waals surface area contributed by atoms with Crippen molar-refractivity contribution in [1.29, 1.82) is 0 Å². The zero-order chi connectivity index (χ0) is 15.2. The topological polar surface area (TPSA) is 20.2 Å². The van der Waals surface area contributed by atoms with Crippen LogP contribution in [-0.4, -0.2) is 19.9 Å². The van der Waals surface area contributed by atoms with Gasteiger partial charge in [0.1, 0.15) is 0 Å². The summed E-state index contributed by atoms with van der Waals surface area (Å²) in [5.74, 6) is 0.320. The molecular formula is C14H21Cl3OTe. The number of aromatic hydroxyl groups is 1. The summed E-state index contributed by atoms with van der Waals surface area (Å²) in [5, 5.41) is 10.5. The average molecular weight is 439 g/mol. The van der Waals surface area contributed by atoms with Gasteiger partial charge in [-0.2, -0.15) is 0 Å². The van der Waals surface area contributed by atoms with Crippen LogP contribution in [-0.2, 0) is 10.8 Å². The summed E-state index contributed by atoms with van der Waals surface area (Å²) < 4.78 is 0.778. The molecule has 0 fully saturated rings. The second-order valence-electron chi connectivity index (χ2n) is 6.77. The van der Waals surface area contributed by atoms with Gasteiger partial charge < -0.3 is 0 Å². The molecule has 0 amide bonds. The van der Waals surface area contributed by atoms with Gasteiger partial charge in [-0.25, -0.2) is 0 Å². The van der Waals surface area contributed by atoms with E-state index in [1.165, 1.54) is 0 Å². The van der Waals surface area contributed by atoms with Crippen LogP contribution in [0.25, 0.3) is 0 Å². The van der Waals surface area contributed by atoms with Gasteiger partial charge in [0, 0.05) is 0 Å². The molecule has 0 saturated heterocycles. The van der Waals surface area contributed by atoms with Crippen molar-refractivity contribution in [2.75, 3.05) is 0 Å². The number of phenols is 1. The molecule has 0 atom stereocenters. The first kappa shape index (κ1) is 17.7. The number of rotatable bonds is 1. The van der Waals surface area contributed by atoms with Crippen molar-refractivity contribution < 1.29 is 5.11 Å². The predicted octanol–water partition coefficient (Wildman–Crippen LogP) is 4.85. The molecule has 0 aromatic heterocycles. The molecule has 1 rings (SSSR count). The molecule has 5 heteroatoms. The number of phenolic OH excluding ortho intramolecular Hbond substituents is 1.